The average Bonchev–Trinajstić information content (AvgIpc) is 2.85. The first-order valence-electron chi connectivity index (χ1n) is 8.69. The first-order chi connectivity index (χ1) is 10.2. The van der Waals surface area contributed by atoms with Crippen LogP contribution < -0.4 is 0 Å². The number of fused-ring (bicyclic) bond motifs is 1. The van der Waals surface area contributed by atoms with Crippen molar-refractivity contribution in [2.75, 3.05) is 0 Å². The summed E-state index contributed by atoms with van der Waals surface area (Å²) in [4.78, 5) is 4.81. The molecule has 21 heavy (non-hydrogen) atoms. The van der Waals surface area contributed by atoms with E-state index in [1.54, 1.807) is 0 Å². The van der Waals surface area contributed by atoms with Gasteiger partial charge in [0.1, 0.15) is 5.82 Å². The van der Waals surface area contributed by atoms with E-state index in [1.807, 2.05) is 0 Å². The third-order valence-electron chi connectivity index (χ3n) is 4.19. The Bertz CT molecular complexity index is 539. The standard InChI is InChI=1S/C19H30N2/c1-4-5-6-7-8-9-12-15-21-18-14-11-10-13-17(18)20-19(21)16(2)3/h10-11,13-14,16H,4-9,12,15H2,1-3H3. The molecule has 0 bridgehead atoms. The van der Waals surface area contributed by atoms with Crippen LogP contribution in [0.1, 0.15) is 77.5 Å². The van der Waals surface area contributed by atoms with E-state index in [4.69, 9.17) is 4.98 Å². The average molecular weight is 286 g/mol. The van der Waals surface area contributed by atoms with Crippen molar-refractivity contribution in [3.8, 4) is 0 Å². The highest BCUT2D eigenvalue weighted by atomic mass is 15.1. The molecule has 0 saturated carbocycles. The summed E-state index contributed by atoms with van der Waals surface area (Å²) in [6, 6.07) is 8.53. The molecule has 1 aromatic heterocycles. The van der Waals surface area contributed by atoms with Crippen LogP contribution in [0.4, 0.5) is 0 Å². The molecule has 0 spiro atoms. The van der Waals surface area contributed by atoms with Crippen LogP contribution in [0.2, 0.25) is 0 Å². The van der Waals surface area contributed by atoms with E-state index in [0.717, 1.165) is 12.1 Å². The smallest absolute Gasteiger partial charge is 0.112 e. The molecule has 116 valence electrons. The van der Waals surface area contributed by atoms with Crippen LogP contribution >= 0.6 is 0 Å². The van der Waals surface area contributed by atoms with Crippen molar-refractivity contribution < 1.29 is 0 Å². The molecule has 0 unspecified atom stereocenters. The largest absolute Gasteiger partial charge is 0.328 e. The molecule has 1 aromatic carbocycles. The van der Waals surface area contributed by atoms with Crippen molar-refractivity contribution in [1.29, 1.82) is 0 Å². The van der Waals surface area contributed by atoms with E-state index in [2.05, 4.69) is 49.6 Å². The number of unbranched alkanes of at least 4 members (excludes halogenated alkanes) is 6. The molecule has 2 aromatic rings. The van der Waals surface area contributed by atoms with Gasteiger partial charge in [-0.05, 0) is 18.6 Å². The van der Waals surface area contributed by atoms with Crippen LogP contribution in [-0.2, 0) is 6.54 Å². The zero-order valence-corrected chi connectivity index (χ0v) is 13.9. The second-order valence-corrected chi connectivity index (χ2v) is 6.39. The van der Waals surface area contributed by atoms with Gasteiger partial charge in [0.15, 0.2) is 0 Å². The summed E-state index contributed by atoms with van der Waals surface area (Å²) in [7, 11) is 0. The minimum Gasteiger partial charge on any atom is -0.328 e. The third-order valence-corrected chi connectivity index (χ3v) is 4.19. The number of aromatic nitrogens is 2. The van der Waals surface area contributed by atoms with Crippen molar-refractivity contribution in [2.45, 2.75) is 78.2 Å². The summed E-state index contributed by atoms with van der Waals surface area (Å²) in [6.07, 6.45) is 9.52. The summed E-state index contributed by atoms with van der Waals surface area (Å²) >= 11 is 0. The molecular formula is C19H30N2. The highest BCUT2D eigenvalue weighted by Crippen LogP contribution is 2.22. The Balaban J connectivity index is 1.93. The Kier molecular flexibility index (Phi) is 6.28. The molecule has 0 atom stereocenters. The molecule has 0 aliphatic heterocycles. The van der Waals surface area contributed by atoms with Gasteiger partial charge >= 0.3 is 0 Å². The van der Waals surface area contributed by atoms with Gasteiger partial charge in [-0.2, -0.15) is 0 Å². The Labute approximate surface area is 129 Å². The Morgan fingerprint density at radius 2 is 1.62 bits per heavy atom. The summed E-state index contributed by atoms with van der Waals surface area (Å²) in [5.41, 5.74) is 2.44. The van der Waals surface area contributed by atoms with Crippen molar-refractivity contribution in [1.82, 2.24) is 9.55 Å². The van der Waals surface area contributed by atoms with Crippen LogP contribution in [0.3, 0.4) is 0 Å². The summed E-state index contributed by atoms with van der Waals surface area (Å²) in [5.74, 6) is 1.73. The quantitative estimate of drug-likeness (QED) is 0.524. The number of nitrogens with zero attached hydrogens (tertiary/aromatic N) is 2. The number of imidazole rings is 1. The SMILES string of the molecule is CCCCCCCCCn1c(C(C)C)nc2ccccc21. The van der Waals surface area contributed by atoms with Crippen LogP contribution in [0.25, 0.3) is 11.0 Å². The van der Waals surface area contributed by atoms with Gasteiger partial charge in [0.2, 0.25) is 0 Å². The fraction of sp³-hybridized carbons (Fsp3) is 0.632. The second-order valence-electron chi connectivity index (χ2n) is 6.39. The van der Waals surface area contributed by atoms with E-state index >= 15 is 0 Å². The lowest BCUT2D eigenvalue weighted by molar-refractivity contribution is 0.539. The van der Waals surface area contributed by atoms with Crippen LogP contribution in [0.15, 0.2) is 24.3 Å². The maximum absolute atomic E-state index is 4.81. The molecule has 0 amide bonds. The van der Waals surface area contributed by atoms with Gasteiger partial charge in [0, 0.05) is 12.5 Å². The minimum atomic E-state index is 0.488. The number of hydrogen-bond acceptors (Lipinski definition) is 1. The maximum Gasteiger partial charge on any atom is 0.112 e. The number of rotatable bonds is 9. The molecule has 0 aliphatic rings. The number of benzene rings is 1. The minimum absolute atomic E-state index is 0.488. The highest BCUT2D eigenvalue weighted by molar-refractivity contribution is 5.76. The van der Waals surface area contributed by atoms with Gasteiger partial charge in [-0.25, -0.2) is 4.98 Å². The lowest BCUT2D eigenvalue weighted by atomic mass is 10.1. The molecule has 0 radical (unpaired) electrons. The van der Waals surface area contributed by atoms with Gasteiger partial charge in [-0.15, -0.1) is 0 Å². The van der Waals surface area contributed by atoms with Crippen LogP contribution in [0.5, 0.6) is 0 Å². The van der Waals surface area contributed by atoms with E-state index in [0.29, 0.717) is 5.92 Å². The van der Waals surface area contributed by atoms with E-state index in [-0.39, 0.29) is 0 Å². The highest BCUT2D eigenvalue weighted by Gasteiger charge is 2.12. The summed E-state index contributed by atoms with van der Waals surface area (Å²) in [5, 5.41) is 0. The Morgan fingerprint density at radius 1 is 0.952 bits per heavy atom. The maximum atomic E-state index is 4.81. The van der Waals surface area contributed by atoms with E-state index in [9.17, 15) is 0 Å². The van der Waals surface area contributed by atoms with Gasteiger partial charge in [0.25, 0.3) is 0 Å². The first kappa shape index (κ1) is 16.1. The molecule has 0 saturated heterocycles. The number of aryl methyl sites for hydroxylation is 1. The molecule has 0 N–H and O–H groups in total. The van der Waals surface area contributed by atoms with Gasteiger partial charge < -0.3 is 4.57 Å². The van der Waals surface area contributed by atoms with Gasteiger partial charge in [-0.1, -0.05) is 71.4 Å². The summed E-state index contributed by atoms with van der Waals surface area (Å²) < 4.78 is 2.44. The Morgan fingerprint density at radius 3 is 2.33 bits per heavy atom. The first-order valence-corrected chi connectivity index (χ1v) is 8.69. The zero-order chi connectivity index (χ0) is 15.1. The van der Waals surface area contributed by atoms with Crippen molar-refractivity contribution in [2.24, 2.45) is 0 Å². The molecule has 0 fully saturated rings. The fourth-order valence-electron chi connectivity index (χ4n) is 3.00. The van der Waals surface area contributed by atoms with Gasteiger partial charge in [0.05, 0.1) is 11.0 Å². The predicted molar refractivity (Wildman–Crippen MR) is 91.8 cm³/mol. The second kappa shape index (κ2) is 8.21. The van der Waals surface area contributed by atoms with E-state index < -0.39 is 0 Å². The molecule has 0 aliphatic carbocycles. The zero-order valence-electron chi connectivity index (χ0n) is 13.9. The van der Waals surface area contributed by atoms with Crippen molar-refractivity contribution in [3.63, 3.8) is 0 Å². The van der Waals surface area contributed by atoms with Crippen LogP contribution in [0, 0.1) is 0 Å². The molecule has 2 rings (SSSR count). The van der Waals surface area contributed by atoms with Crippen molar-refractivity contribution in [3.05, 3.63) is 30.1 Å². The predicted octanol–water partition coefficient (Wildman–Crippen LogP) is 5.91. The number of hydrogen-bond donors (Lipinski definition) is 0. The van der Waals surface area contributed by atoms with Gasteiger partial charge in [-0.3, -0.25) is 0 Å². The normalized spacial score (nSPS) is 11.6. The topological polar surface area (TPSA) is 17.8 Å². The molecule has 1 heterocycles. The van der Waals surface area contributed by atoms with E-state index in [1.165, 1.54) is 56.3 Å². The molecule has 2 nitrogen and oxygen atoms in total. The molecular weight excluding hydrogens is 256 g/mol. The van der Waals surface area contributed by atoms with Crippen molar-refractivity contribution >= 4 is 11.0 Å². The lowest BCUT2D eigenvalue weighted by Gasteiger charge is -2.11. The van der Waals surface area contributed by atoms with Crippen LogP contribution in [-0.4, -0.2) is 9.55 Å². The summed E-state index contributed by atoms with van der Waals surface area (Å²) in [6.45, 7) is 7.87. The third kappa shape index (κ3) is 4.33. The lowest BCUT2D eigenvalue weighted by Crippen LogP contribution is -2.05. The molecule has 2 heteroatoms. The fourth-order valence-corrected chi connectivity index (χ4v) is 3.00. The number of para-hydroxylation sites is 2. The Hall–Kier alpha value is -1.31. The monoisotopic (exact) mass is 286 g/mol.